The number of nitrogens with one attached hydrogen (secondary N) is 2. The molecule has 0 bridgehead atoms. The second-order valence-corrected chi connectivity index (χ2v) is 4.58. The lowest BCUT2D eigenvalue weighted by atomic mass is 10.3. The summed E-state index contributed by atoms with van der Waals surface area (Å²) < 4.78 is 0. The summed E-state index contributed by atoms with van der Waals surface area (Å²) in [6.07, 6.45) is 2.65. The Morgan fingerprint density at radius 1 is 1.39 bits per heavy atom. The molecule has 1 saturated carbocycles. The molecule has 0 unspecified atom stereocenters. The van der Waals surface area contributed by atoms with Crippen molar-refractivity contribution < 1.29 is 0 Å². The maximum Gasteiger partial charge on any atom is 0.210 e. The molecule has 5 nitrogen and oxygen atoms in total. The first-order valence-electron chi connectivity index (χ1n) is 6.33. The van der Waals surface area contributed by atoms with E-state index in [0.717, 1.165) is 24.8 Å². The van der Waals surface area contributed by atoms with Crippen molar-refractivity contribution in [2.75, 3.05) is 25.5 Å². The fourth-order valence-corrected chi connectivity index (χ4v) is 1.80. The third-order valence-corrected chi connectivity index (χ3v) is 3.07. The van der Waals surface area contributed by atoms with E-state index in [0.29, 0.717) is 5.96 Å². The number of nitrogens with zero attached hydrogens (tertiary/aromatic N) is 2. The molecule has 0 atom stereocenters. The van der Waals surface area contributed by atoms with Crippen molar-refractivity contribution in [1.29, 1.82) is 0 Å². The maximum absolute atomic E-state index is 5.45. The topological polar surface area (TPSA) is 65.7 Å². The number of hydrogen-bond donors (Lipinski definition) is 3. The molecule has 1 aliphatic rings. The number of para-hydroxylation sites is 1. The van der Waals surface area contributed by atoms with Crippen molar-refractivity contribution in [2.45, 2.75) is 18.9 Å². The van der Waals surface area contributed by atoms with Gasteiger partial charge in [-0.05, 0) is 32.0 Å². The fourth-order valence-electron chi connectivity index (χ4n) is 1.80. The molecular weight excluding hydrogens is 226 g/mol. The van der Waals surface area contributed by atoms with Crippen LogP contribution in [-0.4, -0.2) is 37.0 Å². The molecule has 1 fully saturated rings. The summed E-state index contributed by atoms with van der Waals surface area (Å²) in [6.45, 7) is 1.71. The molecule has 0 aliphatic heterocycles. The van der Waals surface area contributed by atoms with Gasteiger partial charge in [-0.1, -0.05) is 18.2 Å². The van der Waals surface area contributed by atoms with Crippen LogP contribution in [0.3, 0.4) is 0 Å². The molecule has 0 amide bonds. The Labute approximate surface area is 108 Å². The van der Waals surface area contributed by atoms with Gasteiger partial charge in [0.05, 0.1) is 6.54 Å². The lowest BCUT2D eigenvalue weighted by Crippen LogP contribution is -2.37. The van der Waals surface area contributed by atoms with Gasteiger partial charge in [0.2, 0.25) is 5.96 Å². The SMILES string of the molecule is CN(CCN=C(NN)Nc1ccccc1)C1CC1. The lowest BCUT2D eigenvalue weighted by molar-refractivity contribution is 0.334. The van der Waals surface area contributed by atoms with Gasteiger partial charge in [-0.2, -0.15) is 0 Å². The number of hydrazine groups is 1. The zero-order valence-corrected chi connectivity index (χ0v) is 10.8. The van der Waals surface area contributed by atoms with E-state index >= 15 is 0 Å². The number of anilines is 1. The molecule has 98 valence electrons. The Morgan fingerprint density at radius 2 is 2.11 bits per heavy atom. The second kappa shape index (κ2) is 6.37. The van der Waals surface area contributed by atoms with Crippen molar-refractivity contribution >= 4 is 11.6 Å². The number of hydrogen-bond acceptors (Lipinski definition) is 3. The van der Waals surface area contributed by atoms with Gasteiger partial charge in [-0.3, -0.25) is 10.4 Å². The van der Waals surface area contributed by atoms with E-state index in [1.54, 1.807) is 0 Å². The Balaban J connectivity index is 1.80. The highest BCUT2D eigenvalue weighted by Gasteiger charge is 2.25. The van der Waals surface area contributed by atoms with Gasteiger partial charge in [0, 0.05) is 18.3 Å². The maximum atomic E-state index is 5.45. The predicted octanol–water partition coefficient (Wildman–Crippen LogP) is 1.01. The molecule has 0 saturated heterocycles. The van der Waals surface area contributed by atoms with Crippen molar-refractivity contribution in [3.8, 4) is 0 Å². The highest BCUT2D eigenvalue weighted by molar-refractivity contribution is 5.93. The van der Waals surface area contributed by atoms with Crippen LogP contribution in [-0.2, 0) is 0 Å². The van der Waals surface area contributed by atoms with Gasteiger partial charge < -0.3 is 10.2 Å². The molecule has 0 spiro atoms. The summed E-state index contributed by atoms with van der Waals surface area (Å²) in [4.78, 5) is 6.76. The number of benzene rings is 1. The minimum absolute atomic E-state index is 0.602. The summed E-state index contributed by atoms with van der Waals surface area (Å²) in [7, 11) is 2.15. The van der Waals surface area contributed by atoms with Crippen LogP contribution >= 0.6 is 0 Å². The highest BCUT2D eigenvalue weighted by atomic mass is 15.3. The smallest absolute Gasteiger partial charge is 0.210 e. The quantitative estimate of drug-likeness (QED) is 0.314. The van der Waals surface area contributed by atoms with E-state index < -0.39 is 0 Å². The summed E-state index contributed by atoms with van der Waals surface area (Å²) in [6, 6.07) is 10.6. The molecular formula is C13H21N5. The zero-order valence-electron chi connectivity index (χ0n) is 10.8. The van der Waals surface area contributed by atoms with Crippen molar-refractivity contribution in [1.82, 2.24) is 10.3 Å². The van der Waals surface area contributed by atoms with Gasteiger partial charge >= 0.3 is 0 Å². The van der Waals surface area contributed by atoms with Crippen LogP contribution in [0.4, 0.5) is 5.69 Å². The van der Waals surface area contributed by atoms with Crippen molar-refractivity contribution in [2.24, 2.45) is 10.8 Å². The number of guanidine groups is 1. The van der Waals surface area contributed by atoms with E-state index in [1.165, 1.54) is 12.8 Å². The van der Waals surface area contributed by atoms with Gasteiger partial charge in [0.15, 0.2) is 0 Å². The van der Waals surface area contributed by atoms with Crippen LogP contribution in [0.25, 0.3) is 0 Å². The Kier molecular flexibility index (Phi) is 4.55. The van der Waals surface area contributed by atoms with Gasteiger partial charge in [0.1, 0.15) is 0 Å². The number of rotatable bonds is 5. The van der Waals surface area contributed by atoms with Crippen molar-refractivity contribution in [3.05, 3.63) is 30.3 Å². The predicted molar refractivity (Wildman–Crippen MR) is 75.3 cm³/mol. The Morgan fingerprint density at radius 3 is 2.72 bits per heavy atom. The number of aliphatic imine (C=N–C) groups is 1. The molecule has 0 radical (unpaired) electrons. The molecule has 18 heavy (non-hydrogen) atoms. The van der Waals surface area contributed by atoms with Crippen LogP contribution in [0.5, 0.6) is 0 Å². The van der Waals surface area contributed by atoms with E-state index in [-0.39, 0.29) is 0 Å². The van der Waals surface area contributed by atoms with Crippen LogP contribution in [0.2, 0.25) is 0 Å². The van der Waals surface area contributed by atoms with Gasteiger partial charge in [-0.25, -0.2) is 5.84 Å². The van der Waals surface area contributed by atoms with Crippen molar-refractivity contribution in [3.63, 3.8) is 0 Å². The highest BCUT2D eigenvalue weighted by Crippen LogP contribution is 2.24. The molecule has 0 aromatic heterocycles. The molecule has 5 heteroatoms. The second-order valence-electron chi connectivity index (χ2n) is 4.58. The third kappa shape index (κ3) is 4.01. The third-order valence-electron chi connectivity index (χ3n) is 3.07. The number of nitrogens with two attached hydrogens (primary N) is 1. The Bertz CT molecular complexity index is 386. The molecule has 2 rings (SSSR count). The lowest BCUT2D eigenvalue weighted by Gasteiger charge is -2.14. The first-order valence-corrected chi connectivity index (χ1v) is 6.33. The molecule has 1 aliphatic carbocycles. The number of likely N-dealkylation sites (N-methyl/N-ethyl adjacent to an activating group) is 1. The summed E-state index contributed by atoms with van der Waals surface area (Å²) >= 11 is 0. The van der Waals surface area contributed by atoms with Crippen LogP contribution < -0.4 is 16.6 Å². The largest absolute Gasteiger partial charge is 0.325 e. The van der Waals surface area contributed by atoms with E-state index in [2.05, 4.69) is 27.7 Å². The van der Waals surface area contributed by atoms with Crippen LogP contribution in [0.1, 0.15) is 12.8 Å². The minimum Gasteiger partial charge on any atom is -0.325 e. The summed E-state index contributed by atoms with van der Waals surface area (Å²) in [5.41, 5.74) is 3.57. The first kappa shape index (κ1) is 12.9. The minimum atomic E-state index is 0.602. The van der Waals surface area contributed by atoms with Gasteiger partial charge in [-0.15, -0.1) is 0 Å². The monoisotopic (exact) mass is 247 g/mol. The molecule has 1 aromatic rings. The molecule has 1 aromatic carbocycles. The first-order chi connectivity index (χ1) is 8.79. The average molecular weight is 247 g/mol. The van der Waals surface area contributed by atoms with Gasteiger partial charge in [0.25, 0.3) is 0 Å². The van der Waals surface area contributed by atoms with E-state index in [4.69, 9.17) is 5.84 Å². The average Bonchev–Trinajstić information content (AvgIpc) is 3.23. The normalized spacial score (nSPS) is 15.8. The summed E-state index contributed by atoms with van der Waals surface area (Å²) in [5, 5.41) is 3.14. The zero-order chi connectivity index (χ0) is 12.8. The fraction of sp³-hybridized carbons (Fsp3) is 0.462. The summed E-state index contributed by atoms with van der Waals surface area (Å²) in [5.74, 6) is 6.05. The standard InChI is InChI=1S/C13H21N5/c1-18(12-7-8-12)10-9-15-13(17-14)16-11-5-3-2-4-6-11/h2-6,12H,7-10,14H2,1H3,(H2,15,16,17). The van der Waals surface area contributed by atoms with Crippen LogP contribution in [0, 0.1) is 0 Å². The Hall–Kier alpha value is -1.59. The van der Waals surface area contributed by atoms with Crippen LogP contribution in [0.15, 0.2) is 35.3 Å². The molecule has 4 N–H and O–H groups in total. The van der Waals surface area contributed by atoms with E-state index in [1.807, 2.05) is 30.3 Å². The molecule has 0 heterocycles. The van der Waals surface area contributed by atoms with E-state index in [9.17, 15) is 0 Å².